The fourth-order valence-electron chi connectivity index (χ4n) is 4.31. The van der Waals surface area contributed by atoms with Crippen LogP contribution in [0.2, 0.25) is 0 Å². The van der Waals surface area contributed by atoms with Crippen LogP contribution in [0.4, 0.5) is 10.2 Å². The highest BCUT2D eigenvalue weighted by molar-refractivity contribution is 7.11. The van der Waals surface area contributed by atoms with E-state index in [4.69, 9.17) is 25.3 Å². The first-order valence-corrected chi connectivity index (χ1v) is 14.1. The van der Waals surface area contributed by atoms with E-state index >= 15 is 0 Å². The van der Waals surface area contributed by atoms with Gasteiger partial charge in [0.1, 0.15) is 52.5 Å². The summed E-state index contributed by atoms with van der Waals surface area (Å²) in [4.78, 5) is 25.7. The number of rotatable bonds is 9. The van der Waals surface area contributed by atoms with Gasteiger partial charge in [-0.25, -0.2) is 19.3 Å². The average molecular weight is 591 g/mol. The second kappa shape index (κ2) is 12.5. The summed E-state index contributed by atoms with van der Waals surface area (Å²) >= 11 is 1.55. The number of aliphatic carboxylic acids is 1. The van der Waals surface area contributed by atoms with Gasteiger partial charge in [-0.05, 0) is 58.1 Å². The van der Waals surface area contributed by atoms with E-state index in [-0.39, 0.29) is 6.54 Å². The van der Waals surface area contributed by atoms with Crippen molar-refractivity contribution in [1.29, 1.82) is 0 Å². The number of anilines is 1. The van der Waals surface area contributed by atoms with E-state index < -0.39 is 11.8 Å². The number of carbonyl (C=O) groups is 1. The van der Waals surface area contributed by atoms with Crippen molar-refractivity contribution >= 4 is 28.6 Å². The molecule has 1 aliphatic rings. The second-order valence-corrected chi connectivity index (χ2v) is 11.5. The Morgan fingerprint density at radius 1 is 1.14 bits per heavy atom. The molecule has 1 fully saturated rings. The quantitative estimate of drug-likeness (QED) is 0.220. The Hall–Kier alpha value is -4.55. The Morgan fingerprint density at radius 2 is 1.88 bits per heavy atom. The maximum absolute atomic E-state index is 14.2. The minimum atomic E-state index is -0.787. The highest BCUT2D eigenvalue weighted by Crippen LogP contribution is 2.42. The summed E-state index contributed by atoms with van der Waals surface area (Å²) in [6.07, 6.45) is 7.64. The zero-order valence-corrected chi connectivity index (χ0v) is 24.3. The molecule has 218 valence electrons. The Bertz CT molecular complexity index is 1700. The molecule has 0 bridgehead atoms. The van der Waals surface area contributed by atoms with Crippen molar-refractivity contribution in [2.75, 3.05) is 26.4 Å². The number of ether oxygens (including phenoxy) is 2. The van der Waals surface area contributed by atoms with Crippen LogP contribution in [-0.4, -0.2) is 56.0 Å². The van der Waals surface area contributed by atoms with Gasteiger partial charge in [0.05, 0.1) is 16.4 Å². The molecule has 3 heterocycles. The number of fused-ring (bicyclic) bond motifs is 1. The van der Waals surface area contributed by atoms with Crippen molar-refractivity contribution in [1.82, 2.24) is 24.3 Å². The first kappa shape index (κ1) is 29.0. The molecule has 0 radical (unpaired) electrons. The predicted octanol–water partition coefficient (Wildman–Crippen LogP) is 5.76. The van der Waals surface area contributed by atoms with E-state index in [2.05, 4.69) is 9.97 Å². The van der Waals surface area contributed by atoms with Crippen LogP contribution in [0.5, 0.6) is 17.2 Å². The van der Waals surface area contributed by atoms with Gasteiger partial charge in [0.15, 0.2) is 0 Å². The van der Waals surface area contributed by atoms with Crippen molar-refractivity contribution in [2.24, 2.45) is 0 Å². The summed E-state index contributed by atoms with van der Waals surface area (Å²) in [5.74, 6) is 2.02. The number of imidazole rings is 1. The number of thiazole rings is 1. The Labute approximate surface area is 246 Å². The van der Waals surface area contributed by atoms with Crippen LogP contribution < -0.4 is 15.2 Å². The molecule has 10 nitrogen and oxygen atoms in total. The zero-order chi connectivity index (χ0) is 29.8. The van der Waals surface area contributed by atoms with E-state index in [0.29, 0.717) is 35.6 Å². The Balaban J connectivity index is 0.000000451. The van der Waals surface area contributed by atoms with Crippen LogP contribution in [0.15, 0.2) is 61.1 Å². The van der Waals surface area contributed by atoms with Gasteiger partial charge < -0.3 is 20.3 Å². The number of carboxylic acids is 1. The molecule has 2 aromatic carbocycles. The number of nitrogens with two attached hydrogens (primary N) is 1. The zero-order valence-electron chi connectivity index (χ0n) is 23.5. The van der Waals surface area contributed by atoms with Gasteiger partial charge in [-0.1, -0.05) is 0 Å². The van der Waals surface area contributed by atoms with Crippen LogP contribution in [0.3, 0.4) is 0 Å². The molecule has 42 heavy (non-hydrogen) atoms. The van der Waals surface area contributed by atoms with E-state index in [1.165, 1.54) is 12.1 Å². The standard InChI is InChI=1S/C26H22FN5O2S.C4H9NO2/c1-15-30-13-22(35-15)14-33-20-10-18(27)11-21(12-20)34-19-6-4-16(5-7-19)23-24-25(28)29-8-9-32(24)26(31-23)17-2-3-17;1-5(2)3-4(6)7/h4-13,17H,2-3,14H2,1H3,(H2,28,29);3H2,1-2H3,(H,6,7). The minimum absolute atomic E-state index is 0.111. The molecular formula is C30H31FN6O4S. The lowest BCUT2D eigenvalue weighted by Crippen LogP contribution is -2.20. The van der Waals surface area contributed by atoms with Crippen molar-refractivity contribution in [3.63, 3.8) is 0 Å². The van der Waals surface area contributed by atoms with Gasteiger partial charge in [-0.3, -0.25) is 14.1 Å². The fraction of sp³-hybridized carbons (Fsp3) is 0.267. The lowest BCUT2D eigenvalue weighted by molar-refractivity contribution is -0.137. The molecule has 0 amide bonds. The first-order chi connectivity index (χ1) is 20.2. The predicted molar refractivity (Wildman–Crippen MR) is 159 cm³/mol. The van der Waals surface area contributed by atoms with Crippen LogP contribution in [0, 0.1) is 12.7 Å². The number of halogens is 1. The summed E-state index contributed by atoms with van der Waals surface area (Å²) in [6, 6.07) is 11.8. The number of aryl methyl sites for hydroxylation is 1. The third kappa shape index (κ3) is 7.20. The number of nitrogens with zero attached hydrogens (tertiary/aromatic N) is 5. The minimum Gasteiger partial charge on any atom is -0.488 e. The number of carboxylic acid groups (broad SMARTS) is 1. The van der Waals surface area contributed by atoms with Crippen molar-refractivity contribution < 1.29 is 23.8 Å². The van der Waals surface area contributed by atoms with Gasteiger partial charge in [0.25, 0.3) is 0 Å². The number of nitrogen functional groups attached to an aromatic ring is 1. The molecule has 0 saturated heterocycles. The Kier molecular flexibility index (Phi) is 8.64. The topological polar surface area (TPSA) is 128 Å². The molecule has 12 heteroatoms. The van der Waals surface area contributed by atoms with Crippen molar-refractivity contribution in [3.05, 3.63) is 82.6 Å². The third-order valence-corrected chi connectivity index (χ3v) is 7.15. The number of likely N-dealkylation sites (N-methyl/N-ethyl adjacent to an activating group) is 1. The molecule has 0 aliphatic heterocycles. The molecule has 6 rings (SSSR count). The largest absolute Gasteiger partial charge is 0.488 e. The van der Waals surface area contributed by atoms with Gasteiger partial charge in [-0.15, -0.1) is 11.3 Å². The number of hydrogen-bond acceptors (Lipinski definition) is 9. The highest BCUT2D eigenvalue weighted by atomic mass is 32.1. The number of aromatic nitrogens is 4. The molecule has 5 aromatic rings. The molecule has 1 saturated carbocycles. The summed E-state index contributed by atoms with van der Waals surface area (Å²) in [5, 5.41) is 9.00. The Morgan fingerprint density at radius 3 is 2.50 bits per heavy atom. The van der Waals surface area contributed by atoms with Crippen molar-refractivity contribution in [3.8, 4) is 28.5 Å². The highest BCUT2D eigenvalue weighted by Gasteiger charge is 2.30. The summed E-state index contributed by atoms with van der Waals surface area (Å²) in [6.45, 7) is 2.36. The summed E-state index contributed by atoms with van der Waals surface area (Å²) in [5.41, 5.74) is 8.72. The fourth-order valence-corrected chi connectivity index (χ4v) is 5.02. The molecule has 3 N–H and O–H groups in total. The maximum Gasteiger partial charge on any atom is 0.317 e. The smallest absolute Gasteiger partial charge is 0.317 e. The van der Waals surface area contributed by atoms with Crippen LogP contribution in [0.1, 0.15) is 34.5 Å². The molecule has 0 unspecified atom stereocenters. The maximum atomic E-state index is 14.2. The van der Waals surface area contributed by atoms with E-state index in [0.717, 1.165) is 45.3 Å². The van der Waals surface area contributed by atoms with Crippen LogP contribution in [0.25, 0.3) is 16.8 Å². The molecule has 1 aliphatic carbocycles. The lowest BCUT2D eigenvalue weighted by Gasteiger charge is -2.10. The third-order valence-electron chi connectivity index (χ3n) is 6.26. The van der Waals surface area contributed by atoms with Gasteiger partial charge in [-0.2, -0.15) is 0 Å². The molecule has 3 aromatic heterocycles. The number of hydrogen-bond donors (Lipinski definition) is 2. The van der Waals surface area contributed by atoms with Gasteiger partial charge in [0.2, 0.25) is 0 Å². The van der Waals surface area contributed by atoms with Gasteiger partial charge >= 0.3 is 5.97 Å². The number of benzene rings is 2. The van der Waals surface area contributed by atoms with Crippen LogP contribution in [-0.2, 0) is 11.4 Å². The molecular weight excluding hydrogens is 559 g/mol. The summed E-state index contributed by atoms with van der Waals surface area (Å²) < 4.78 is 27.9. The lowest BCUT2D eigenvalue weighted by atomic mass is 10.1. The molecule has 0 atom stereocenters. The van der Waals surface area contributed by atoms with Crippen molar-refractivity contribution in [2.45, 2.75) is 32.3 Å². The summed E-state index contributed by atoms with van der Waals surface area (Å²) in [7, 11) is 3.43. The monoisotopic (exact) mass is 590 g/mol. The SMILES string of the molecule is CN(C)CC(=O)O.Cc1ncc(COc2cc(F)cc(Oc3ccc(-c4nc(C5CC5)n5ccnc(N)c45)cc3)c2)s1. The van der Waals surface area contributed by atoms with E-state index in [1.807, 2.05) is 41.8 Å². The van der Waals surface area contributed by atoms with Gasteiger partial charge in [0, 0.05) is 48.3 Å². The molecule has 0 spiro atoms. The van der Waals surface area contributed by atoms with E-state index in [9.17, 15) is 9.18 Å². The second-order valence-electron chi connectivity index (χ2n) is 10.1. The van der Waals surface area contributed by atoms with Crippen LogP contribution >= 0.6 is 11.3 Å². The van der Waals surface area contributed by atoms with E-state index in [1.54, 1.807) is 48.8 Å². The average Bonchev–Trinajstić information content (AvgIpc) is 3.57. The first-order valence-electron chi connectivity index (χ1n) is 13.3. The normalized spacial score (nSPS) is 12.7.